The van der Waals surface area contributed by atoms with E-state index in [9.17, 15) is 9.59 Å². The minimum Gasteiger partial charge on any atom is -0.353 e. The predicted octanol–water partition coefficient (Wildman–Crippen LogP) is 5.61. The quantitative estimate of drug-likeness (QED) is 0.326. The van der Waals surface area contributed by atoms with Crippen molar-refractivity contribution in [3.63, 3.8) is 0 Å². The summed E-state index contributed by atoms with van der Waals surface area (Å²) in [6, 6.07) is 8.16. The van der Waals surface area contributed by atoms with Gasteiger partial charge in [0.15, 0.2) is 0 Å². The third kappa shape index (κ3) is 6.72. The number of para-hydroxylation sites is 1. The van der Waals surface area contributed by atoms with Gasteiger partial charge in [-0.2, -0.15) is 0 Å². The van der Waals surface area contributed by atoms with Crippen molar-refractivity contribution in [2.24, 2.45) is 5.92 Å². The first-order valence-electron chi connectivity index (χ1n) is 11.1. The summed E-state index contributed by atoms with van der Waals surface area (Å²) in [5, 5.41) is 4.15. The van der Waals surface area contributed by atoms with Crippen LogP contribution in [0.1, 0.15) is 57.9 Å². The molecule has 4 nitrogen and oxygen atoms in total. The molecule has 2 rings (SSSR count). The summed E-state index contributed by atoms with van der Waals surface area (Å²) in [5.74, 6) is -0.162. The van der Waals surface area contributed by atoms with Gasteiger partial charge in [0, 0.05) is 48.4 Å². The van der Waals surface area contributed by atoms with Crippen LogP contribution in [-0.2, 0) is 22.6 Å². The minimum atomic E-state index is -0.266. The van der Waals surface area contributed by atoms with Gasteiger partial charge >= 0.3 is 0 Å². The van der Waals surface area contributed by atoms with E-state index in [0.717, 1.165) is 48.6 Å². The molecule has 4 heteroatoms. The van der Waals surface area contributed by atoms with Crippen molar-refractivity contribution in [1.29, 1.82) is 0 Å². The molecule has 30 heavy (non-hydrogen) atoms. The molecule has 2 atom stereocenters. The Labute approximate surface area is 181 Å². The van der Waals surface area contributed by atoms with Crippen molar-refractivity contribution in [3.8, 4) is 0 Å². The lowest BCUT2D eigenvalue weighted by Crippen LogP contribution is -2.38. The fraction of sp³-hybridized carbons (Fsp3) is 0.462. The standard InChI is InChI=1S/C26H36N2O2/c1-5-8-9-13-21(26(30)27-20(4)12-6-2)17-23(29)18-22-19-28(16-7-3)25-15-11-10-14-24(22)25/h6-7,10-11,14-15,19-21H,2-3,5,8-9,12-13,16-18H2,1,4H3,(H,27,30)/t20-,21+/m1/s1. The van der Waals surface area contributed by atoms with Crippen LogP contribution in [0, 0.1) is 5.92 Å². The van der Waals surface area contributed by atoms with E-state index < -0.39 is 0 Å². The van der Waals surface area contributed by atoms with Gasteiger partial charge in [0.05, 0.1) is 0 Å². The number of allylic oxidation sites excluding steroid dienone is 1. The third-order valence-corrected chi connectivity index (χ3v) is 5.49. The van der Waals surface area contributed by atoms with E-state index in [1.54, 1.807) is 6.08 Å². The van der Waals surface area contributed by atoms with Crippen molar-refractivity contribution in [2.45, 2.75) is 71.4 Å². The Morgan fingerprint density at radius 2 is 1.93 bits per heavy atom. The number of benzene rings is 1. The Hall–Kier alpha value is -2.62. The zero-order valence-corrected chi connectivity index (χ0v) is 18.5. The Morgan fingerprint density at radius 3 is 2.63 bits per heavy atom. The van der Waals surface area contributed by atoms with Crippen LogP contribution in [0.25, 0.3) is 10.9 Å². The number of nitrogens with zero attached hydrogens (tertiary/aromatic N) is 1. The molecule has 162 valence electrons. The van der Waals surface area contributed by atoms with Crippen LogP contribution in [0.3, 0.4) is 0 Å². The summed E-state index contributed by atoms with van der Waals surface area (Å²) < 4.78 is 2.12. The van der Waals surface area contributed by atoms with Gasteiger partial charge in [0.1, 0.15) is 5.78 Å². The summed E-state index contributed by atoms with van der Waals surface area (Å²) in [6.07, 6.45) is 11.0. The highest BCUT2D eigenvalue weighted by molar-refractivity contribution is 5.92. The monoisotopic (exact) mass is 408 g/mol. The first kappa shape index (κ1) is 23.7. The highest BCUT2D eigenvalue weighted by atomic mass is 16.2. The van der Waals surface area contributed by atoms with Crippen LogP contribution in [0.15, 0.2) is 55.8 Å². The van der Waals surface area contributed by atoms with Gasteiger partial charge in [-0.25, -0.2) is 0 Å². The van der Waals surface area contributed by atoms with E-state index in [0.29, 0.717) is 13.0 Å². The van der Waals surface area contributed by atoms with Crippen molar-refractivity contribution < 1.29 is 9.59 Å². The number of Topliss-reactive ketones (excluding diaryl/α,β-unsaturated/α-hetero) is 1. The summed E-state index contributed by atoms with van der Waals surface area (Å²) in [6.45, 7) is 12.4. The average Bonchev–Trinajstić information content (AvgIpc) is 3.05. The Morgan fingerprint density at radius 1 is 1.17 bits per heavy atom. The third-order valence-electron chi connectivity index (χ3n) is 5.49. The largest absolute Gasteiger partial charge is 0.353 e. The van der Waals surface area contributed by atoms with E-state index in [4.69, 9.17) is 0 Å². The van der Waals surface area contributed by atoms with Gasteiger partial charge in [-0.3, -0.25) is 9.59 Å². The number of ketones is 1. The second-order valence-electron chi connectivity index (χ2n) is 8.16. The summed E-state index contributed by atoms with van der Waals surface area (Å²) in [7, 11) is 0. The van der Waals surface area contributed by atoms with E-state index in [1.165, 1.54) is 0 Å². The number of unbranched alkanes of at least 4 members (excludes halogenated alkanes) is 2. The molecular weight excluding hydrogens is 372 g/mol. The lowest BCUT2D eigenvalue weighted by atomic mass is 9.92. The van der Waals surface area contributed by atoms with E-state index >= 15 is 0 Å². The molecule has 0 aliphatic heterocycles. The SMILES string of the molecule is C=CC[C@@H](C)NC(=O)[C@@H](CCCCC)CC(=O)Cc1cn(CC=C)c2ccccc12. The zero-order valence-electron chi connectivity index (χ0n) is 18.5. The predicted molar refractivity (Wildman–Crippen MR) is 126 cm³/mol. The van der Waals surface area contributed by atoms with Crippen LogP contribution >= 0.6 is 0 Å². The van der Waals surface area contributed by atoms with E-state index in [1.807, 2.05) is 31.3 Å². The number of fused-ring (bicyclic) bond motifs is 1. The zero-order chi connectivity index (χ0) is 21.9. The average molecular weight is 409 g/mol. The Balaban J connectivity index is 2.11. The van der Waals surface area contributed by atoms with Crippen LogP contribution < -0.4 is 5.32 Å². The fourth-order valence-electron chi connectivity index (χ4n) is 3.95. The van der Waals surface area contributed by atoms with Crippen molar-refractivity contribution in [2.75, 3.05) is 0 Å². The molecule has 0 fully saturated rings. The van der Waals surface area contributed by atoms with E-state index in [-0.39, 0.29) is 30.1 Å². The smallest absolute Gasteiger partial charge is 0.223 e. The highest BCUT2D eigenvalue weighted by Gasteiger charge is 2.23. The van der Waals surface area contributed by atoms with Gasteiger partial charge in [-0.1, -0.05) is 56.5 Å². The highest BCUT2D eigenvalue weighted by Crippen LogP contribution is 2.24. The maximum absolute atomic E-state index is 13.0. The van der Waals surface area contributed by atoms with E-state index in [2.05, 4.69) is 42.1 Å². The van der Waals surface area contributed by atoms with Gasteiger partial charge in [0.2, 0.25) is 5.91 Å². The number of hydrogen-bond donors (Lipinski definition) is 1. The molecule has 1 aromatic carbocycles. The molecule has 1 heterocycles. The lowest BCUT2D eigenvalue weighted by molar-refractivity contribution is -0.130. The number of hydrogen-bond acceptors (Lipinski definition) is 2. The molecular formula is C26H36N2O2. The maximum atomic E-state index is 13.0. The molecule has 0 spiro atoms. The maximum Gasteiger partial charge on any atom is 0.223 e. The molecule has 1 aromatic heterocycles. The number of amides is 1. The van der Waals surface area contributed by atoms with Crippen molar-refractivity contribution >= 4 is 22.6 Å². The Kier molecular flexibility index (Phi) is 9.59. The molecule has 0 radical (unpaired) electrons. The first-order valence-corrected chi connectivity index (χ1v) is 11.1. The van der Waals surface area contributed by atoms with Crippen LogP contribution in [-0.4, -0.2) is 22.3 Å². The molecule has 1 amide bonds. The van der Waals surface area contributed by atoms with Gasteiger partial charge in [0.25, 0.3) is 0 Å². The molecule has 2 aromatic rings. The molecule has 0 bridgehead atoms. The normalized spacial score (nSPS) is 13.0. The molecule has 0 aliphatic carbocycles. The molecule has 0 saturated carbocycles. The van der Waals surface area contributed by atoms with Gasteiger partial charge in [-0.15, -0.1) is 13.2 Å². The van der Waals surface area contributed by atoms with Crippen LogP contribution in [0.5, 0.6) is 0 Å². The van der Waals surface area contributed by atoms with Crippen molar-refractivity contribution in [3.05, 3.63) is 61.3 Å². The fourth-order valence-corrected chi connectivity index (χ4v) is 3.95. The molecule has 0 saturated heterocycles. The lowest BCUT2D eigenvalue weighted by Gasteiger charge is -2.19. The number of carbonyl (C=O) groups is 2. The minimum absolute atomic E-state index is 0.0112. The number of carbonyl (C=O) groups excluding carboxylic acids is 2. The topological polar surface area (TPSA) is 51.1 Å². The van der Waals surface area contributed by atoms with Gasteiger partial charge in [-0.05, 0) is 31.4 Å². The summed E-state index contributed by atoms with van der Waals surface area (Å²) in [5.41, 5.74) is 2.13. The summed E-state index contributed by atoms with van der Waals surface area (Å²) in [4.78, 5) is 25.8. The summed E-state index contributed by atoms with van der Waals surface area (Å²) >= 11 is 0. The molecule has 0 unspecified atom stereocenters. The Bertz CT molecular complexity index is 865. The van der Waals surface area contributed by atoms with Crippen LogP contribution in [0.2, 0.25) is 0 Å². The van der Waals surface area contributed by atoms with Crippen LogP contribution in [0.4, 0.5) is 0 Å². The molecule has 1 N–H and O–H groups in total. The van der Waals surface area contributed by atoms with Gasteiger partial charge < -0.3 is 9.88 Å². The number of nitrogens with one attached hydrogen (secondary N) is 1. The number of aromatic nitrogens is 1. The number of rotatable bonds is 14. The second kappa shape index (κ2) is 12.2. The van der Waals surface area contributed by atoms with Crippen molar-refractivity contribution in [1.82, 2.24) is 9.88 Å². The first-order chi connectivity index (χ1) is 14.5. The second-order valence-corrected chi connectivity index (χ2v) is 8.16. The molecule has 0 aliphatic rings.